The van der Waals surface area contributed by atoms with Crippen molar-refractivity contribution >= 4 is 0 Å². The van der Waals surface area contributed by atoms with Crippen LogP contribution in [0.2, 0.25) is 0 Å². The molecule has 0 heterocycles. The minimum atomic E-state index is -0.106. The molecule has 3 saturated carbocycles. The lowest BCUT2D eigenvalue weighted by Crippen LogP contribution is -2.28. The smallest absolute Gasteiger partial charge is 0.0543 e. The molecular weight excluding hydrogens is 240 g/mol. The van der Waals surface area contributed by atoms with Gasteiger partial charge in [0.1, 0.15) is 0 Å². The molecule has 3 fully saturated rings. The fraction of sp³-hybridized carbons (Fsp3) is 1.00. The molecule has 3 heteroatoms. The maximum Gasteiger partial charge on any atom is 0.0543 e. The highest BCUT2D eigenvalue weighted by Gasteiger charge is 2.43. The van der Waals surface area contributed by atoms with Gasteiger partial charge in [0.25, 0.3) is 0 Å². The quantitative estimate of drug-likeness (QED) is 0.734. The number of hydrogen-bond donors (Lipinski definition) is 3. The zero-order valence-electron chi connectivity index (χ0n) is 11.7. The van der Waals surface area contributed by atoms with Crippen LogP contribution in [0.3, 0.4) is 0 Å². The summed E-state index contributed by atoms with van der Waals surface area (Å²) in [6.45, 7) is 0. The summed E-state index contributed by atoms with van der Waals surface area (Å²) >= 11 is 0. The Bertz CT molecular complexity index is 259. The van der Waals surface area contributed by atoms with Gasteiger partial charge in [-0.1, -0.05) is 0 Å². The van der Waals surface area contributed by atoms with Crippen LogP contribution in [-0.4, -0.2) is 33.6 Å². The summed E-state index contributed by atoms with van der Waals surface area (Å²) in [5.74, 6) is 2.51. The monoisotopic (exact) mass is 268 g/mol. The molecular formula is C16H28O3. The van der Waals surface area contributed by atoms with E-state index in [-0.39, 0.29) is 18.3 Å². The highest BCUT2D eigenvalue weighted by molar-refractivity contribution is 4.93. The number of hydrogen-bond acceptors (Lipinski definition) is 3. The third-order valence-corrected chi connectivity index (χ3v) is 5.97. The van der Waals surface area contributed by atoms with Gasteiger partial charge in [-0.25, -0.2) is 0 Å². The van der Waals surface area contributed by atoms with Crippen LogP contribution >= 0.6 is 0 Å². The van der Waals surface area contributed by atoms with E-state index in [1.54, 1.807) is 0 Å². The molecule has 19 heavy (non-hydrogen) atoms. The molecule has 0 aliphatic heterocycles. The molecule has 0 radical (unpaired) electrons. The Morgan fingerprint density at radius 3 is 1.05 bits per heavy atom. The number of aliphatic hydroxyl groups is 3. The number of rotatable bonds is 3. The highest BCUT2D eigenvalue weighted by Crippen LogP contribution is 2.49. The third-order valence-electron chi connectivity index (χ3n) is 5.97. The molecule has 3 rings (SSSR count). The van der Waals surface area contributed by atoms with Crippen LogP contribution in [0.15, 0.2) is 0 Å². The van der Waals surface area contributed by atoms with Gasteiger partial charge in [0, 0.05) is 0 Å². The standard InChI is InChI=1S/C16H28O3/c17-13-4-1-10(7-13)16(11-2-5-14(18)8-11)12-3-6-15(19)9-12/h10-19H,1-9H2. The highest BCUT2D eigenvalue weighted by atomic mass is 16.3. The summed E-state index contributed by atoms with van der Waals surface area (Å²) < 4.78 is 0. The maximum atomic E-state index is 9.84. The van der Waals surface area contributed by atoms with E-state index in [1.807, 2.05) is 0 Å². The molecule has 0 saturated heterocycles. The first-order valence-electron chi connectivity index (χ1n) is 8.17. The summed E-state index contributed by atoms with van der Waals surface area (Å²) in [7, 11) is 0. The third kappa shape index (κ3) is 2.98. The van der Waals surface area contributed by atoms with Crippen LogP contribution in [-0.2, 0) is 0 Å². The minimum absolute atomic E-state index is 0.106. The van der Waals surface area contributed by atoms with Crippen molar-refractivity contribution in [1.29, 1.82) is 0 Å². The van der Waals surface area contributed by atoms with Gasteiger partial charge in [0.05, 0.1) is 18.3 Å². The first-order valence-corrected chi connectivity index (χ1v) is 8.17. The van der Waals surface area contributed by atoms with E-state index in [2.05, 4.69) is 0 Å². The van der Waals surface area contributed by atoms with Crippen molar-refractivity contribution in [2.75, 3.05) is 0 Å². The Morgan fingerprint density at radius 1 is 0.526 bits per heavy atom. The fourth-order valence-electron chi connectivity index (χ4n) is 5.18. The zero-order valence-corrected chi connectivity index (χ0v) is 11.7. The van der Waals surface area contributed by atoms with Crippen molar-refractivity contribution < 1.29 is 15.3 Å². The molecule has 110 valence electrons. The van der Waals surface area contributed by atoms with Gasteiger partial charge < -0.3 is 15.3 Å². The largest absolute Gasteiger partial charge is 0.393 e. The lowest BCUT2D eigenvalue weighted by molar-refractivity contribution is 0.101. The minimum Gasteiger partial charge on any atom is -0.393 e. The average molecular weight is 268 g/mol. The van der Waals surface area contributed by atoms with Gasteiger partial charge in [-0.3, -0.25) is 0 Å². The van der Waals surface area contributed by atoms with Gasteiger partial charge >= 0.3 is 0 Å². The van der Waals surface area contributed by atoms with E-state index in [0.29, 0.717) is 23.7 Å². The molecule has 3 aliphatic rings. The van der Waals surface area contributed by atoms with E-state index in [4.69, 9.17) is 0 Å². The molecule has 0 aromatic rings. The second-order valence-electron chi connectivity index (χ2n) is 7.26. The molecule has 3 N–H and O–H groups in total. The summed E-state index contributed by atoms with van der Waals surface area (Å²) in [6.07, 6.45) is 8.81. The van der Waals surface area contributed by atoms with E-state index in [0.717, 1.165) is 57.8 Å². The van der Waals surface area contributed by atoms with E-state index in [1.165, 1.54) is 0 Å². The summed E-state index contributed by atoms with van der Waals surface area (Å²) in [5, 5.41) is 29.5. The maximum absolute atomic E-state index is 9.84. The molecule has 3 aliphatic carbocycles. The first-order chi connectivity index (χ1) is 9.13. The molecule has 6 unspecified atom stereocenters. The molecule has 0 spiro atoms. The molecule has 6 atom stereocenters. The van der Waals surface area contributed by atoms with E-state index < -0.39 is 0 Å². The van der Waals surface area contributed by atoms with Crippen molar-refractivity contribution in [3.63, 3.8) is 0 Å². The SMILES string of the molecule is OC1CCC(C(C2CCC(O)C2)C2CCC(O)C2)C1. The van der Waals surface area contributed by atoms with Crippen molar-refractivity contribution in [3.05, 3.63) is 0 Å². The fourth-order valence-corrected chi connectivity index (χ4v) is 5.18. The Balaban J connectivity index is 1.71. The second kappa shape index (κ2) is 5.71. The lowest BCUT2D eigenvalue weighted by atomic mass is 9.71. The predicted octanol–water partition coefficient (Wildman–Crippen LogP) is 2.09. The second-order valence-corrected chi connectivity index (χ2v) is 7.26. The van der Waals surface area contributed by atoms with Crippen molar-refractivity contribution in [2.24, 2.45) is 23.7 Å². The normalized spacial score (nSPS) is 48.8. The van der Waals surface area contributed by atoms with E-state index >= 15 is 0 Å². The van der Waals surface area contributed by atoms with Crippen LogP contribution in [0.1, 0.15) is 57.8 Å². The molecule has 0 bridgehead atoms. The number of aliphatic hydroxyl groups excluding tert-OH is 3. The average Bonchev–Trinajstić information content (AvgIpc) is 3.05. The van der Waals surface area contributed by atoms with Crippen LogP contribution in [0.25, 0.3) is 0 Å². The van der Waals surface area contributed by atoms with Crippen molar-refractivity contribution in [3.8, 4) is 0 Å². The van der Waals surface area contributed by atoms with Gasteiger partial charge in [-0.05, 0) is 81.5 Å². The first kappa shape index (κ1) is 13.8. The predicted molar refractivity (Wildman–Crippen MR) is 73.5 cm³/mol. The summed E-state index contributed by atoms with van der Waals surface area (Å²) in [5.41, 5.74) is 0. The van der Waals surface area contributed by atoms with E-state index in [9.17, 15) is 15.3 Å². The molecule has 0 aromatic carbocycles. The van der Waals surface area contributed by atoms with Crippen molar-refractivity contribution in [2.45, 2.75) is 76.1 Å². The van der Waals surface area contributed by atoms with Crippen LogP contribution < -0.4 is 0 Å². The molecule has 0 amide bonds. The molecule has 3 nitrogen and oxygen atoms in total. The Labute approximate surface area is 116 Å². The van der Waals surface area contributed by atoms with Gasteiger partial charge in [-0.2, -0.15) is 0 Å². The zero-order chi connectivity index (χ0) is 13.4. The van der Waals surface area contributed by atoms with Gasteiger partial charge in [0.2, 0.25) is 0 Å². The Morgan fingerprint density at radius 2 is 0.842 bits per heavy atom. The summed E-state index contributed by atoms with van der Waals surface area (Å²) in [6, 6.07) is 0. The van der Waals surface area contributed by atoms with Gasteiger partial charge in [0.15, 0.2) is 0 Å². The van der Waals surface area contributed by atoms with Crippen molar-refractivity contribution in [1.82, 2.24) is 0 Å². The lowest BCUT2D eigenvalue weighted by Gasteiger charge is -2.34. The summed E-state index contributed by atoms with van der Waals surface area (Å²) in [4.78, 5) is 0. The topological polar surface area (TPSA) is 60.7 Å². The van der Waals surface area contributed by atoms with Gasteiger partial charge in [-0.15, -0.1) is 0 Å². The van der Waals surface area contributed by atoms with Crippen LogP contribution in [0.5, 0.6) is 0 Å². The Hall–Kier alpha value is -0.120. The Kier molecular flexibility index (Phi) is 4.16. The van der Waals surface area contributed by atoms with Crippen LogP contribution in [0.4, 0.5) is 0 Å². The van der Waals surface area contributed by atoms with Crippen LogP contribution in [0, 0.1) is 23.7 Å². The molecule has 0 aromatic heterocycles.